The summed E-state index contributed by atoms with van der Waals surface area (Å²) in [5.74, 6) is -1.63. The van der Waals surface area contributed by atoms with Crippen LogP contribution < -0.4 is 0 Å². The maximum Gasteiger partial charge on any atom is 0.162 e. The summed E-state index contributed by atoms with van der Waals surface area (Å²) in [4.78, 5) is 7.13. The summed E-state index contributed by atoms with van der Waals surface area (Å²) in [6.45, 7) is 3.54. The van der Waals surface area contributed by atoms with E-state index in [4.69, 9.17) is 0 Å². The second-order valence-corrected chi connectivity index (χ2v) is 3.62. The van der Waals surface area contributed by atoms with Crippen LogP contribution in [0.2, 0.25) is 0 Å². The third-order valence-electron chi connectivity index (χ3n) is 2.67. The van der Waals surface area contributed by atoms with Crippen LogP contribution in [0.5, 0.6) is 0 Å². The van der Waals surface area contributed by atoms with E-state index in [1.54, 1.807) is 19.3 Å². The highest BCUT2D eigenvalue weighted by molar-refractivity contribution is 5.65. The molecule has 1 aromatic carbocycles. The van der Waals surface area contributed by atoms with Crippen LogP contribution in [0.4, 0.5) is 8.78 Å². The molecular formula is C12H12F2N2. The van der Waals surface area contributed by atoms with Crippen molar-refractivity contribution in [1.29, 1.82) is 0 Å². The summed E-state index contributed by atoms with van der Waals surface area (Å²) in [7, 11) is 0. The van der Waals surface area contributed by atoms with Gasteiger partial charge in [0.05, 0.1) is 12.0 Å². The van der Waals surface area contributed by atoms with Gasteiger partial charge in [-0.2, -0.15) is 0 Å². The minimum Gasteiger partial charge on any atom is -0.348 e. The molecule has 0 bridgehead atoms. The van der Waals surface area contributed by atoms with Gasteiger partial charge in [0.25, 0.3) is 0 Å². The van der Waals surface area contributed by atoms with Crippen LogP contribution >= 0.6 is 0 Å². The Morgan fingerprint density at radius 3 is 2.75 bits per heavy atom. The molecule has 0 saturated carbocycles. The van der Waals surface area contributed by atoms with Gasteiger partial charge in [0.2, 0.25) is 0 Å². The molecule has 0 atom stereocenters. The third kappa shape index (κ3) is 1.60. The first-order chi connectivity index (χ1) is 7.65. The lowest BCUT2D eigenvalue weighted by molar-refractivity contribution is 0.503. The molecule has 0 aliphatic heterocycles. The van der Waals surface area contributed by atoms with E-state index in [1.165, 1.54) is 0 Å². The van der Waals surface area contributed by atoms with Crippen molar-refractivity contribution < 1.29 is 8.78 Å². The average molecular weight is 222 g/mol. The zero-order valence-corrected chi connectivity index (χ0v) is 9.14. The summed E-state index contributed by atoms with van der Waals surface area (Å²) in [5.41, 5.74) is 2.55. The van der Waals surface area contributed by atoms with Crippen molar-refractivity contribution in [2.75, 3.05) is 0 Å². The molecule has 0 amide bonds. The lowest BCUT2D eigenvalue weighted by Crippen LogP contribution is -1.95. The van der Waals surface area contributed by atoms with Gasteiger partial charge in [-0.25, -0.2) is 13.8 Å². The highest BCUT2D eigenvalue weighted by Crippen LogP contribution is 2.27. The molecule has 1 aromatic heterocycles. The van der Waals surface area contributed by atoms with E-state index in [0.29, 0.717) is 16.8 Å². The topological polar surface area (TPSA) is 28.7 Å². The first-order valence-corrected chi connectivity index (χ1v) is 5.12. The number of nitrogens with one attached hydrogen (secondary N) is 1. The fraction of sp³-hybridized carbons (Fsp3) is 0.250. The van der Waals surface area contributed by atoms with Gasteiger partial charge in [-0.1, -0.05) is 6.92 Å². The van der Waals surface area contributed by atoms with Crippen molar-refractivity contribution in [3.63, 3.8) is 0 Å². The Morgan fingerprint density at radius 1 is 1.31 bits per heavy atom. The Hall–Kier alpha value is -1.71. The van der Waals surface area contributed by atoms with Crippen molar-refractivity contribution in [3.05, 3.63) is 41.4 Å². The first-order valence-electron chi connectivity index (χ1n) is 5.12. The number of imidazole rings is 1. The van der Waals surface area contributed by atoms with E-state index < -0.39 is 11.6 Å². The molecule has 1 N–H and O–H groups in total. The molecule has 0 fully saturated rings. The number of hydrogen-bond acceptors (Lipinski definition) is 1. The number of aromatic amines is 1. The average Bonchev–Trinajstić information content (AvgIpc) is 2.74. The lowest BCUT2D eigenvalue weighted by Gasteiger charge is -2.06. The van der Waals surface area contributed by atoms with Crippen molar-refractivity contribution in [2.24, 2.45) is 0 Å². The van der Waals surface area contributed by atoms with Crippen LogP contribution in [-0.2, 0) is 6.42 Å². The predicted octanol–water partition coefficient (Wildman–Crippen LogP) is 3.23. The van der Waals surface area contributed by atoms with E-state index in [-0.39, 0.29) is 0 Å². The molecule has 2 rings (SSSR count). The molecule has 4 heteroatoms. The lowest BCUT2D eigenvalue weighted by atomic mass is 10.0. The maximum atomic E-state index is 13.4. The van der Waals surface area contributed by atoms with E-state index in [2.05, 4.69) is 9.97 Å². The summed E-state index contributed by atoms with van der Waals surface area (Å²) >= 11 is 0. The molecular weight excluding hydrogens is 210 g/mol. The van der Waals surface area contributed by atoms with Gasteiger partial charge in [0.15, 0.2) is 11.6 Å². The minimum atomic E-state index is -0.824. The van der Waals surface area contributed by atoms with E-state index in [0.717, 1.165) is 18.2 Å². The second-order valence-electron chi connectivity index (χ2n) is 3.62. The van der Waals surface area contributed by atoms with Crippen LogP contribution in [0.15, 0.2) is 18.5 Å². The van der Waals surface area contributed by atoms with Crippen LogP contribution in [0.3, 0.4) is 0 Å². The molecule has 0 spiro atoms. The van der Waals surface area contributed by atoms with Gasteiger partial charge in [0, 0.05) is 11.3 Å². The molecule has 0 radical (unpaired) electrons. The normalized spacial score (nSPS) is 10.8. The maximum absolute atomic E-state index is 13.4. The van der Waals surface area contributed by atoms with E-state index in [1.807, 2.05) is 6.92 Å². The Labute approximate surface area is 92.3 Å². The minimum absolute atomic E-state index is 0.293. The Bertz CT molecular complexity index is 518. The fourth-order valence-corrected chi connectivity index (χ4v) is 1.73. The molecule has 2 nitrogen and oxygen atoms in total. The van der Waals surface area contributed by atoms with Gasteiger partial charge in [-0.15, -0.1) is 0 Å². The van der Waals surface area contributed by atoms with Gasteiger partial charge in [0.1, 0.15) is 0 Å². The Kier molecular flexibility index (Phi) is 2.73. The van der Waals surface area contributed by atoms with E-state index in [9.17, 15) is 8.78 Å². The van der Waals surface area contributed by atoms with E-state index >= 15 is 0 Å². The molecule has 0 unspecified atom stereocenters. The standard InChI is InChI=1S/C12H12F2N2/c1-3-10-12(16-6-15-10)8-4-5-9(13)11(14)7(8)2/h4-6H,3H2,1-2H3,(H,15,16). The molecule has 2 aromatic rings. The van der Waals surface area contributed by atoms with Crippen molar-refractivity contribution in [3.8, 4) is 11.3 Å². The van der Waals surface area contributed by atoms with Gasteiger partial charge >= 0.3 is 0 Å². The number of aryl methyl sites for hydroxylation is 1. The summed E-state index contributed by atoms with van der Waals surface area (Å²) in [6, 6.07) is 2.69. The van der Waals surface area contributed by atoms with Gasteiger partial charge in [-0.05, 0) is 31.0 Å². The van der Waals surface area contributed by atoms with Crippen LogP contribution in [0.25, 0.3) is 11.3 Å². The smallest absolute Gasteiger partial charge is 0.162 e. The monoisotopic (exact) mass is 222 g/mol. The van der Waals surface area contributed by atoms with Crippen molar-refractivity contribution in [1.82, 2.24) is 9.97 Å². The second kappa shape index (κ2) is 4.04. The number of H-pyrrole nitrogens is 1. The van der Waals surface area contributed by atoms with Crippen molar-refractivity contribution >= 4 is 0 Å². The quantitative estimate of drug-likeness (QED) is 0.830. The summed E-state index contributed by atoms with van der Waals surface area (Å²) in [5, 5.41) is 0. The number of nitrogens with zero attached hydrogens (tertiary/aromatic N) is 1. The number of benzene rings is 1. The van der Waals surface area contributed by atoms with Crippen LogP contribution in [0, 0.1) is 18.6 Å². The fourth-order valence-electron chi connectivity index (χ4n) is 1.73. The number of halogens is 2. The number of rotatable bonds is 2. The van der Waals surface area contributed by atoms with Gasteiger partial charge in [-0.3, -0.25) is 0 Å². The molecule has 84 valence electrons. The van der Waals surface area contributed by atoms with Crippen LogP contribution in [0.1, 0.15) is 18.2 Å². The molecule has 1 heterocycles. The highest BCUT2D eigenvalue weighted by Gasteiger charge is 2.14. The zero-order chi connectivity index (χ0) is 11.7. The SMILES string of the molecule is CCc1[nH]cnc1-c1ccc(F)c(F)c1C. The molecule has 0 aliphatic rings. The largest absolute Gasteiger partial charge is 0.348 e. The molecule has 16 heavy (non-hydrogen) atoms. The summed E-state index contributed by atoms with van der Waals surface area (Å²) < 4.78 is 26.4. The molecule has 0 saturated heterocycles. The summed E-state index contributed by atoms with van der Waals surface area (Å²) in [6.07, 6.45) is 2.34. The molecule has 0 aliphatic carbocycles. The number of aromatic nitrogens is 2. The number of hydrogen-bond donors (Lipinski definition) is 1. The van der Waals surface area contributed by atoms with Gasteiger partial charge < -0.3 is 4.98 Å². The van der Waals surface area contributed by atoms with Crippen LogP contribution in [-0.4, -0.2) is 9.97 Å². The van der Waals surface area contributed by atoms with Crippen molar-refractivity contribution in [2.45, 2.75) is 20.3 Å². The predicted molar refractivity (Wildman–Crippen MR) is 58.1 cm³/mol. The Morgan fingerprint density at radius 2 is 2.06 bits per heavy atom. The zero-order valence-electron chi connectivity index (χ0n) is 9.14. The first kappa shape index (κ1) is 10.8. The Balaban J connectivity index is 2.61. The highest BCUT2D eigenvalue weighted by atomic mass is 19.2. The third-order valence-corrected chi connectivity index (χ3v) is 2.67.